The third-order valence-corrected chi connectivity index (χ3v) is 2.24. The molecule has 0 aliphatic carbocycles. The lowest BCUT2D eigenvalue weighted by Crippen LogP contribution is -2.25. The summed E-state index contributed by atoms with van der Waals surface area (Å²) >= 11 is 5.71. The molecule has 0 saturated heterocycles. The van der Waals surface area contributed by atoms with Gasteiger partial charge in [-0.3, -0.25) is 0 Å². The highest BCUT2D eigenvalue weighted by Crippen LogP contribution is 2.27. The van der Waals surface area contributed by atoms with E-state index in [1.54, 1.807) is 24.3 Å². The molecule has 0 heterocycles. The van der Waals surface area contributed by atoms with Gasteiger partial charge < -0.3 is 19.5 Å². The van der Waals surface area contributed by atoms with Crippen LogP contribution in [0.5, 0.6) is 11.5 Å². The van der Waals surface area contributed by atoms with E-state index in [0.29, 0.717) is 18.1 Å². The molecule has 1 N–H and O–H groups in total. The highest BCUT2D eigenvalue weighted by Gasteiger charge is 2.14. The van der Waals surface area contributed by atoms with Crippen LogP contribution in [0.1, 0.15) is 6.92 Å². The first-order valence-electron chi connectivity index (χ1n) is 5.54. The molecule has 0 aliphatic rings. The fourth-order valence-corrected chi connectivity index (χ4v) is 1.37. The molecule has 1 rings (SSSR count). The van der Waals surface area contributed by atoms with Gasteiger partial charge in [0.05, 0.1) is 5.88 Å². The fraction of sp³-hybridized carbons (Fsp3) is 0.417. The van der Waals surface area contributed by atoms with E-state index in [1.165, 1.54) is 7.05 Å². The van der Waals surface area contributed by atoms with Gasteiger partial charge in [0.15, 0.2) is 11.5 Å². The predicted octanol–water partition coefficient (Wildman–Crippen LogP) is 2.39. The minimum absolute atomic E-state index is 0.183. The number of hydrogen-bond acceptors (Lipinski definition) is 4. The number of amides is 1. The van der Waals surface area contributed by atoms with Crippen molar-refractivity contribution in [2.24, 2.45) is 0 Å². The maximum absolute atomic E-state index is 11.2. The molecular weight excluding hydrogens is 258 g/mol. The third kappa shape index (κ3) is 4.43. The average molecular weight is 274 g/mol. The first-order valence-corrected chi connectivity index (χ1v) is 6.07. The van der Waals surface area contributed by atoms with Gasteiger partial charge in [-0.1, -0.05) is 12.1 Å². The topological polar surface area (TPSA) is 56.8 Å². The number of alkyl halides is 1. The lowest BCUT2D eigenvalue weighted by Gasteiger charge is -2.18. The van der Waals surface area contributed by atoms with Crippen molar-refractivity contribution in [3.05, 3.63) is 24.3 Å². The normalized spacial score (nSPS) is 11.7. The van der Waals surface area contributed by atoms with E-state index in [-0.39, 0.29) is 5.88 Å². The number of nitrogens with one attached hydrogen (secondary N) is 1. The molecule has 0 aromatic heterocycles. The molecular formula is C12H16ClNO4. The highest BCUT2D eigenvalue weighted by atomic mass is 35.5. The van der Waals surface area contributed by atoms with Crippen LogP contribution in [0, 0.1) is 0 Å². The maximum atomic E-state index is 11.2. The summed E-state index contributed by atoms with van der Waals surface area (Å²) < 4.78 is 15.8. The van der Waals surface area contributed by atoms with Crippen molar-refractivity contribution in [3.8, 4) is 11.5 Å². The Morgan fingerprint density at radius 3 is 2.61 bits per heavy atom. The molecule has 1 aromatic rings. The van der Waals surface area contributed by atoms with Crippen molar-refractivity contribution >= 4 is 17.7 Å². The molecule has 0 saturated carbocycles. The zero-order chi connectivity index (χ0) is 13.4. The van der Waals surface area contributed by atoms with Gasteiger partial charge in [-0.25, -0.2) is 4.79 Å². The zero-order valence-corrected chi connectivity index (χ0v) is 11.1. The number of ether oxygens (including phenoxy) is 3. The Bertz CT molecular complexity index is 386. The van der Waals surface area contributed by atoms with Crippen LogP contribution in [0.2, 0.25) is 0 Å². The second kappa shape index (κ2) is 7.79. The first kappa shape index (κ1) is 14.6. The average Bonchev–Trinajstić information content (AvgIpc) is 2.40. The van der Waals surface area contributed by atoms with Gasteiger partial charge in [-0.15, -0.1) is 11.6 Å². The SMILES string of the molecule is CCOC(CCl)Oc1ccccc1OC(=O)NC. The molecule has 1 amide bonds. The molecule has 0 bridgehead atoms. The fourth-order valence-electron chi connectivity index (χ4n) is 1.22. The van der Waals surface area contributed by atoms with E-state index in [4.69, 9.17) is 25.8 Å². The zero-order valence-electron chi connectivity index (χ0n) is 10.3. The summed E-state index contributed by atoms with van der Waals surface area (Å²) in [4.78, 5) is 11.2. The third-order valence-electron chi connectivity index (χ3n) is 1.99. The van der Waals surface area contributed by atoms with E-state index in [0.717, 1.165) is 0 Å². The lowest BCUT2D eigenvalue weighted by atomic mass is 10.3. The van der Waals surface area contributed by atoms with Crippen LogP contribution in [0.3, 0.4) is 0 Å². The summed E-state index contributed by atoms with van der Waals surface area (Å²) in [7, 11) is 1.48. The summed E-state index contributed by atoms with van der Waals surface area (Å²) in [5.41, 5.74) is 0. The van der Waals surface area contributed by atoms with Gasteiger partial charge in [-0.05, 0) is 19.1 Å². The molecule has 1 aromatic carbocycles. The molecule has 1 atom stereocenters. The van der Waals surface area contributed by atoms with E-state index in [1.807, 2.05) is 6.92 Å². The number of para-hydroxylation sites is 2. The Labute approximate surface area is 111 Å². The van der Waals surface area contributed by atoms with E-state index in [9.17, 15) is 4.79 Å². The number of carbonyl (C=O) groups is 1. The molecule has 18 heavy (non-hydrogen) atoms. The Hall–Kier alpha value is -1.46. The van der Waals surface area contributed by atoms with E-state index in [2.05, 4.69) is 5.32 Å². The van der Waals surface area contributed by atoms with Crippen LogP contribution in [0.4, 0.5) is 4.79 Å². The maximum Gasteiger partial charge on any atom is 0.412 e. The van der Waals surface area contributed by atoms with Crippen molar-refractivity contribution in [1.29, 1.82) is 0 Å². The Morgan fingerprint density at radius 2 is 2.06 bits per heavy atom. The largest absolute Gasteiger partial charge is 0.460 e. The summed E-state index contributed by atoms with van der Waals surface area (Å²) in [6.07, 6.45) is -1.14. The van der Waals surface area contributed by atoms with Crippen LogP contribution in [0.15, 0.2) is 24.3 Å². The smallest absolute Gasteiger partial charge is 0.412 e. The second-order valence-electron chi connectivity index (χ2n) is 3.24. The minimum atomic E-state index is -0.578. The summed E-state index contributed by atoms with van der Waals surface area (Å²) in [6.45, 7) is 2.33. The number of halogens is 1. The van der Waals surface area contributed by atoms with Crippen molar-refractivity contribution in [2.45, 2.75) is 13.2 Å². The second-order valence-corrected chi connectivity index (χ2v) is 3.55. The Morgan fingerprint density at radius 1 is 1.39 bits per heavy atom. The molecule has 5 nitrogen and oxygen atoms in total. The molecule has 0 radical (unpaired) electrons. The standard InChI is InChI=1S/C12H16ClNO4/c1-3-16-11(8-13)17-9-6-4-5-7-10(9)18-12(15)14-2/h4-7,11H,3,8H2,1-2H3,(H,14,15). The summed E-state index contributed by atoms with van der Waals surface area (Å²) in [5.74, 6) is 0.897. The monoisotopic (exact) mass is 273 g/mol. The van der Waals surface area contributed by atoms with Crippen molar-refractivity contribution in [1.82, 2.24) is 5.32 Å². The summed E-state index contributed by atoms with van der Waals surface area (Å²) in [6, 6.07) is 6.81. The molecule has 1 unspecified atom stereocenters. The minimum Gasteiger partial charge on any atom is -0.460 e. The molecule has 0 aliphatic heterocycles. The van der Waals surface area contributed by atoms with Crippen LogP contribution in [0.25, 0.3) is 0 Å². The van der Waals surface area contributed by atoms with Crippen LogP contribution in [-0.4, -0.2) is 31.9 Å². The van der Waals surface area contributed by atoms with Crippen molar-refractivity contribution < 1.29 is 19.0 Å². The van der Waals surface area contributed by atoms with Crippen molar-refractivity contribution in [2.75, 3.05) is 19.5 Å². The first-order chi connectivity index (χ1) is 8.71. The lowest BCUT2D eigenvalue weighted by molar-refractivity contribution is -0.0596. The number of hydrogen-bond donors (Lipinski definition) is 1. The number of benzene rings is 1. The van der Waals surface area contributed by atoms with Crippen molar-refractivity contribution in [3.63, 3.8) is 0 Å². The summed E-state index contributed by atoms with van der Waals surface area (Å²) in [5, 5.41) is 2.36. The van der Waals surface area contributed by atoms with Gasteiger partial charge in [0.2, 0.25) is 6.29 Å². The Balaban J connectivity index is 2.77. The van der Waals surface area contributed by atoms with Gasteiger partial charge in [0.25, 0.3) is 0 Å². The number of rotatable bonds is 6. The quantitative estimate of drug-likeness (QED) is 0.639. The molecule has 0 spiro atoms. The van der Waals surface area contributed by atoms with E-state index < -0.39 is 12.4 Å². The van der Waals surface area contributed by atoms with Crippen LogP contribution < -0.4 is 14.8 Å². The molecule has 100 valence electrons. The molecule has 0 fully saturated rings. The van der Waals surface area contributed by atoms with Gasteiger partial charge in [-0.2, -0.15) is 0 Å². The number of carbonyl (C=O) groups excluding carboxylic acids is 1. The van der Waals surface area contributed by atoms with E-state index >= 15 is 0 Å². The van der Waals surface area contributed by atoms with Gasteiger partial charge >= 0.3 is 6.09 Å². The van der Waals surface area contributed by atoms with Crippen LogP contribution >= 0.6 is 11.6 Å². The highest BCUT2D eigenvalue weighted by molar-refractivity contribution is 6.18. The Kier molecular flexibility index (Phi) is 6.32. The predicted molar refractivity (Wildman–Crippen MR) is 68.3 cm³/mol. The van der Waals surface area contributed by atoms with Crippen LogP contribution in [-0.2, 0) is 4.74 Å². The molecule has 6 heteroatoms. The van der Waals surface area contributed by atoms with Gasteiger partial charge in [0, 0.05) is 13.7 Å². The van der Waals surface area contributed by atoms with Gasteiger partial charge in [0.1, 0.15) is 0 Å².